The van der Waals surface area contributed by atoms with Gasteiger partial charge in [-0.25, -0.2) is 0 Å². The molecule has 17 unspecified atom stereocenters. The van der Waals surface area contributed by atoms with E-state index in [9.17, 15) is 61.0 Å². The van der Waals surface area contributed by atoms with Crippen molar-refractivity contribution >= 4 is 5.91 Å². The van der Waals surface area contributed by atoms with Gasteiger partial charge in [0.2, 0.25) is 5.91 Å². The number of aliphatic hydroxyl groups excluding tert-OH is 11. The molecule has 3 fully saturated rings. The van der Waals surface area contributed by atoms with E-state index in [2.05, 4.69) is 55.6 Å². The molecule has 3 saturated heterocycles. The maximum atomic E-state index is 13.3. The number of hydrogen-bond acceptors (Lipinski definition) is 18. The van der Waals surface area contributed by atoms with Crippen molar-refractivity contribution in [1.29, 1.82) is 0 Å². The lowest BCUT2D eigenvalue weighted by atomic mass is 9.96. The van der Waals surface area contributed by atoms with Crippen LogP contribution in [0, 0.1) is 0 Å². The maximum Gasteiger partial charge on any atom is 0.220 e. The van der Waals surface area contributed by atoms with Crippen LogP contribution in [0.5, 0.6) is 0 Å². The number of aliphatic hydroxyl groups is 11. The minimum absolute atomic E-state index is 0.207. The van der Waals surface area contributed by atoms with E-state index < -0.39 is 124 Å². The van der Waals surface area contributed by atoms with Gasteiger partial charge in [-0.15, -0.1) is 0 Å². The second-order valence-corrected chi connectivity index (χ2v) is 21.4. The van der Waals surface area contributed by atoms with Gasteiger partial charge in [0.25, 0.3) is 0 Å². The summed E-state index contributed by atoms with van der Waals surface area (Å²) in [6.45, 7) is 1.57. The Morgan fingerprint density at radius 3 is 1.38 bits per heavy atom. The van der Waals surface area contributed by atoms with E-state index in [4.69, 9.17) is 28.4 Å². The third-order valence-electron chi connectivity index (χ3n) is 14.9. The third kappa shape index (κ3) is 26.3. The largest absolute Gasteiger partial charge is 0.394 e. The van der Waals surface area contributed by atoms with Crippen LogP contribution in [-0.2, 0) is 33.2 Å². The number of carbonyl (C=O) groups is 1. The molecule has 12 N–H and O–H groups in total. The lowest BCUT2D eigenvalue weighted by molar-refractivity contribution is -0.379. The van der Waals surface area contributed by atoms with E-state index in [0.29, 0.717) is 6.42 Å². The fourth-order valence-electron chi connectivity index (χ4n) is 9.97. The summed E-state index contributed by atoms with van der Waals surface area (Å²) in [6.07, 6.45) is 19.6. The Labute approximate surface area is 465 Å². The van der Waals surface area contributed by atoms with Gasteiger partial charge in [0.05, 0.1) is 38.6 Å². The fourth-order valence-corrected chi connectivity index (χ4v) is 9.97. The van der Waals surface area contributed by atoms with Gasteiger partial charge in [-0.3, -0.25) is 4.79 Å². The normalized spacial score (nSPS) is 30.8. The molecular formula is C59H105NO18. The van der Waals surface area contributed by atoms with Crippen molar-refractivity contribution in [2.45, 2.75) is 291 Å². The average molecular weight is 1120 g/mol. The van der Waals surface area contributed by atoms with Gasteiger partial charge in [-0.2, -0.15) is 0 Å². The van der Waals surface area contributed by atoms with Gasteiger partial charge in [-0.05, 0) is 51.4 Å². The van der Waals surface area contributed by atoms with Gasteiger partial charge in [0.15, 0.2) is 18.9 Å². The predicted octanol–water partition coefficient (Wildman–Crippen LogP) is 5.09. The summed E-state index contributed by atoms with van der Waals surface area (Å²) in [5.74, 6) is -0.306. The van der Waals surface area contributed by atoms with Gasteiger partial charge >= 0.3 is 0 Å². The standard InChI is InChI=1S/C59H105NO18/c1-3-5-7-9-11-13-15-17-18-19-20-21-22-23-25-26-28-30-32-34-36-43(64)42(60-47(65)37-35-33-31-29-27-24-16-14-12-10-8-6-4-2)41-73-57-53(71)50(68)55(45(39-62)75-57)78-59-54(72)51(69)56(46(40-63)76-59)77-58-52(70)49(67)48(66)44(38-61)74-58/h6,8,12,14,24,27,34,36,42-46,48-59,61-64,66-72H,3-5,7,9-11,13,15-23,25-26,28-33,35,37-41H2,1-2H3,(H,60,65)/b8-6-,14-12-,27-24-,36-34+. The van der Waals surface area contributed by atoms with Gasteiger partial charge in [0, 0.05) is 6.42 Å². The molecule has 454 valence electrons. The van der Waals surface area contributed by atoms with E-state index in [0.717, 1.165) is 64.2 Å². The fraction of sp³-hybridized carbons (Fsp3) is 0.847. The topological polar surface area (TPSA) is 307 Å². The molecule has 0 radical (unpaired) electrons. The second kappa shape index (κ2) is 42.6. The Morgan fingerprint density at radius 1 is 0.474 bits per heavy atom. The number of ether oxygens (including phenoxy) is 6. The molecule has 0 spiro atoms. The van der Waals surface area contributed by atoms with Gasteiger partial charge in [0.1, 0.15) is 73.2 Å². The summed E-state index contributed by atoms with van der Waals surface area (Å²) in [4.78, 5) is 13.3. The molecule has 3 rings (SSSR count). The van der Waals surface area contributed by atoms with Crippen molar-refractivity contribution in [1.82, 2.24) is 5.32 Å². The molecule has 0 aromatic rings. The zero-order chi connectivity index (χ0) is 56.9. The van der Waals surface area contributed by atoms with E-state index in [-0.39, 0.29) is 18.9 Å². The van der Waals surface area contributed by atoms with Crippen LogP contribution in [0.1, 0.15) is 187 Å². The van der Waals surface area contributed by atoms with Gasteiger partial charge in [-0.1, -0.05) is 178 Å². The first-order chi connectivity index (χ1) is 37.8. The Bertz CT molecular complexity index is 1620. The molecule has 0 aliphatic carbocycles. The molecule has 19 heteroatoms. The van der Waals surface area contributed by atoms with Crippen molar-refractivity contribution in [3.63, 3.8) is 0 Å². The minimum atomic E-state index is -1.98. The SMILES string of the molecule is CC/C=C\C/C=C\C/C=C\CCCCCC(=O)NC(COC1OC(CO)C(OC2OC(CO)C(OC3OC(CO)C(O)C(O)C3O)C(O)C2O)C(O)C1O)C(O)/C=C/CCCCCCCCCCCCCCCCCCCC. The Hall–Kier alpha value is -2.25. The molecule has 3 aliphatic heterocycles. The zero-order valence-corrected chi connectivity index (χ0v) is 47.1. The number of hydrogen-bond donors (Lipinski definition) is 12. The lowest BCUT2D eigenvalue weighted by Crippen LogP contribution is -2.66. The summed E-state index contributed by atoms with van der Waals surface area (Å²) in [5, 5.41) is 120. The number of nitrogens with one attached hydrogen (secondary N) is 1. The smallest absolute Gasteiger partial charge is 0.220 e. The highest BCUT2D eigenvalue weighted by Crippen LogP contribution is 2.33. The summed E-state index contributed by atoms with van der Waals surface area (Å²) in [7, 11) is 0. The number of carbonyl (C=O) groups excluding carboxylic acids is 1. The molecule has 0 aromatic heterocycles. The Balaban J connectivity index is 1.51. The van der Waals surface area contributed by atoms with Crippen LogP contribution >= 0.6 is 0 Å². The van der Waals surface area contributed by atoms with E-state index in [1.807, 2.05) is 6.08 Å². The van der Waals surface area contributed by atoms with Crippen molar-refractivity contribution < 1.29 is 89.4 Å². The molecule has 0 saturated carbocycles. The zero-order valence-electron chi connectivity index (χ0n) is 47.1. The molecular weight excluding hydrogens is 1010 g/mol. The molecule has 0 bridgehead atoms. The molecule has 3 heterocycles. The van der Waals surface area contributed by atoms with E-state index in [1.165, 1.54) is 96.3 Å². The molecule has 3 aliphatic rings. The Morgan fingerprint density at radius 2 is 0.885 bits per heavy atom. The first-order valence-corrected chi connectivity index (χ1v) is 29.9. The highest BCUT2D eigenvalue weighted by molar-refractivity contribution is 5.76. The minimum Gasteiger partial charge on any atom is -0.394 e. The monoisotopic (exact) mass is 1120 g/mol. The summed E-state index contributed by atoms with van der Waals surface area (Å²) >= 11 is 0. The van der Waals surface area contributed by atoms with Crippen LogP contribution in [0.4, 0.5) is 0 Å². The maximum absolute atomic E-state index is 13.3. The summed E-state index contributed by atoms with van der Waals surface area (Å²) in [6, 6.07) is -0.988. The molecule has 17 atom stereocenters. The molecule has 1 amide bonds. The number of unbranched alkanes of at least 4 members (excludes halogenated alkanes) is 21. The van der Waals surface area contributed by atoms with Crippen molar-refractivity contribution in [2.24, 2.45) is 0 Å². The van der Waals surface area contributed by atoms with Crippen molar-refractivity contribution in [2.75, 3.05) is 26.4 Å². The summed E-state index contributed by atoms with van der Waals surface area (Å²) < 4.78 is 34.2. The highest BCUT2D eigenvalue weighted by Gasteiger charge is 2.53. The quantitative estimate of drug-likeness (QED) is 0.0279. The molecule has 78 heavy (non-hydrogen) atoms. The van der Waals surface area contributed by atoms with Crippen LogP contribution in [0.2, 0.25) is 0 Å². The highest BCUT2D eigenvalue weighted by atomic mass is 16.8. The predicted molar refractivity (Wildman–Crippen MR) is 295 cm³/mol. The van der Waals surface area contributed by atoms with Crippen LogP contribution in [0.25, 0.3) is 0 Å². The summed E-state index contributed by atoms with van der Waals surface area (Å²) in [5.41, 5.74) is 0. The van der Waals surface area contributed by atoms with Crippen LogP contribution in [0.3, 0.4) is 0 Å². The number of allylic oxidation sites excluding steroid dienone is 7. The van der Waals surface area contributed by atoms with Crippen LogP contribution < -0.4 is 5.32 Å². The lowest BCUT2D eigenvalue weighted by Gasteiger charge is -2.48. The second-order valence-electron chi connectivity index (χ2n) is 21.4. The first kappa shape index (κ1) is 70.0. The first-order valence-electron chi connectivity index (χ1n) is 29.9. The number of amides is 1. The Kier molecular flexibility index (Phi) is 38.2. The van der Waals surface area contributed by atoms with Crippen LogP contribution in [0.15, 0.2) is 48.6 Å². The van der Waals surface area contributed by atoms with Crippen molar-refractivity contribution in [3.05, 3.63) is 48.6 Å². The van der Waals surface area contributed by atoms with E-state index >= 15 is 0 Å². The van der Waals surface area contributed by atoms with Gasteiger partial charge < -0.3 is 89.9 Å². The average Bonchev–Trinajstić information content (AvgIpc) is 3.43. The van der Waals surface area contributed by atoms with Crippen LogP contribution in [-0.4, -0.2) is 193 Å². The van der Waals surface area contributed by atoms with Crippen molar-refractivity contribution in [3.8, 4) is 0 Å². The molecule has 19 nitrogen and oxygen atoms in total. The number of rotatable bonds is 43. The van der Waals surface area contributed by atoms with E-state index in [1.54, 1.807) is 6.08 Å². The molecule has 0 aromatic carbocycles. The third-order valence-corrected chi connectivity index (χ3v) is 14.9.